The number of hydrogen-bond acceptors (Lipinski definition) is 6. The Hall–Kier alpha value is -1.99. The molecule has 1 fully saturated rings. The van der Waals surface area contributed by atoms with Gasteiger partial charge in [0.2, 0.25) is 11.8 Å². The highest BCUT2D eigenvalue weighted by Gasteiger charge is 2.22. The van der Waals surface area contributed by atoms with Crippen LogP contribution in [0, 0.1) is 6.92 Å². The zero-order valence-electron chi connectivity index (χ0n) is 12.9. The van der Waals surface area contributed by atoms with Crippen LogP contribution in [0.1, 0.15) is 28.7 Å². The minimum Gasteiger partial charge on any atom is -0.424 e. The molecule has 122 valence electrons. The standard InChI is InChI=1S/C15H18ClN5O2/c1-11-18-19-14(23-11)10-20-5-2-6-21(8-7-20)15(22)13-4-3-12(16)9-17-13/h3-4,9H,2,5-8,10H2,1H3. The van der Waals surface area contributed by atoms with Crippen LogP contribution in [0.3, 0.4) is 0 Å². The fourth-order valence-electron chi connectivity index (χ4n) is 2.59. The highest BCUT2D eigenvalue weighted by atomic mass is 35.5. The number of rotatable bonds is 3. The van der Waals surface area contributed by atoms with E-state index in [1.807, 2.05) is 4.90 Å². The monoisotopic (exact) mass is 335 g/mol. The van der Waals surface area contributed by atoms with Crippen LogP contribution < -0.4 is 0 Å². The molecule has 2 aromatic rings. The SMILES string of the molecule is Cc1nnc(CN2CCCN(C(=O)c3ccc(Cl)cn3)CC2)o1. The van der Waals surface area contributed by atoms with Crippen LogP contribution in [-0.2, 0) is 6.54 Å². The minimum absolute atomic E-state index is 0.0582. The molecule has 1 aliphatic heterocycles. The second-order valence-electron chi connectivity index (χ2n) is 5.50. The van der Waals surface area contributed by atoms with Crippen molar-refractivity contribution in [2.45, 2.75) is 19.9 Å². The van der Waals surface area contributed by atoms with E-state index in [0.29, 0.717) is 42.1 Å². The summed E-state index contributed by atoms with van der Waals surface area (Å²) in [5.74, 6) is 1.12. The first-order chi connectivity index (χ1) is 11.1. The number of aromatic nitrogens is 3. The van der Waals surface area contributed by atoms with Gasteiger partial charge in [0.15, 0.2) is 0 Å². The van der Waals surface area contributed by atoms with Gasteiger partial charge >= 0.3 is 0 Å². The smallest absolute Gasteiger partial charge is 0.272 e. The van der Waals surface area contributed by atoms with E-state index in [9.17, 15) is 4.79 Å². The third-order valence-corrected chi connectivity index (χ3v) is 3.97. The van der Waals surface area contributed by atoms with Gasteiger partial charge in [-0.15, -0.1) is 10.2 Å². The summed E-state index contributed by atoms with van der Waals surface area (Å²) >= 11 is 5.81. The number of hydrogen-bond donors (Lipinski definition) is 0. The maximum absolute atomic E-state index is 12.5. The zero-order chi connectivity index (χ0) is 16.2. The van der Waals surface area contributed by atoms with Crippen molar-refractivity contribution in [3.8, 4) is 0 Å². The van der Waals surface area contributed by atoms with E-state index < -0.39 is 0 Å². The van der Waals surface area contributed by atoms with Crippen LogP contribution in [0.5, 0.6) is 0 Å². The molecular formula is C15H18ClN5O2. The lowest BCUT2D eigenvalue weighted by molar-refractivity contribution is 0.0755. The molecule has 8 heteroatoms. The molecule has 0 atom stereocenters. The summed E-state index contributed by atoms with van der Waals surface area (Å²) in [4.78, 5) is 20.6. The van der Waals surface area contributed by atoms with E-state index in [-0.39, 0.29) is 5.91 Å². The molecule has 1 amide bonds. The van der Waals surface area contributed by atoms with E-state index in [1.54, 1.807) is 19.1 Å². The fourth-order valence-corrected chi connectivity index (χ4v) is 2.70. The number of pyridine rings is 1. The number of nitrogens with zero attached hydrogens (tertiary/aromatic N) is 5. The Morgan fingerprint density at radius 1 is 1.26 bits per heavy atom. The van der Waals surface area contributed by atoms with Crippen LogP contribution in [-0.4, -0.2) is 57.1 Å². The number of carbonyl (C=O) groups is 1. The highest BCUT2D eigenvalue weighted by molar-refractivity contribution is 6.30. The molecular weight excluding hydrogens is 318 g/mol. The van der Waals surface area contributed by atoms with Crippen molar-refractivity contribution in [1.29, 1.82) is 0 Å². The van der Waals surface area contributed by atoms with E-state index >= 15 is 0 Å². The Balaban J connectivity index is 1.59. The zero-order valence-corrected chi connectivity index (χ0v) is 13.7. The number of amides is 1. The largest absolute Gasteiger partial charge is 0.424 e. The quantitative estimate of drug-likeness (QED) is 0.851. The van der Waals surface area contributed by atoms with Gasteiger partial charge < -0.3 is 9.32 Å². The Kier molecular flexibility index (Phi) is 4.88. The van der Waals surface area contributed by atoms with Gasteiger partial charge in [0, 0.05) is 39.3 Å². The van der Waals surface area contributed by atoms with Crippen molar-refractivity contribution < 1.29 is 9.21 Å². The third kappa shape index (κ3) is 4.05. The van der Waals surface area contributed by atoms with Crippen molar-refractivity contribution >= 4 is 17.5 Å². The summed E-state index contributed by atoms with van der Waals surface area (Å²) < 4.78 is 5.41. The summed E-state index contributed by atoms with van der Waals surface area (Å²) in [5, 5.41) is 8.38. The molecule has 0 bridgehead atoms. The first kappa shape index (κ1) is 15.9. The summed E-state index contributed by atoms with van der Waals surface area (Å²) in [6.45, 7) is 5.40. The molecule has 1 saturated heterocycles. The topological polar surface area (TPSA) is 75.4 Å². The molecule has 0 unspecified atom stereocenters. The molecule has 23 heavy (non-hydrogen) atoms. The molecule has 0 N–H and O–H groups in total. The molecule has 0 aromatic carbocycles. The van der Waals surface area contributed by atoms with Gasteiger partial charge in [-0.25, -0.2) is 4.98 Å². The van der Waals surface area contributed by atoms with Crippen molar-refractivity contribution in [1.82, 2.24) is 25.0 Å². The maximum atomic E-state index is 12.5. The van der Waals surface area contributed by atoms with Crippen molar-refractivity contribution in [3.05, 3.63) is 40.8 Å². The number of carbonyl (C=O) groups excluding carboxylic acids is 1. The molecule has 0 aliphatic carbocycles. The van der Waals surface area contributed by atoms with Gasteiger partial charge in [0.25, 0.3) is 5.91 Å². The van der Waals surface area contributed by atoms with Crippen LogP contribution in [0.25, 0.3) is 0 Å². The summed E-state index contributed by atoms with van der Waals surface area (Å²) in [5.41, 5.74) is 0.426. The van der Waals surface area contributed by atoms with Crippen molar-refractivity contribution in [3.63, 3.8) is 0 Å². The Morgan fingerprint density at radius 2 is 2.13 bits per heavy atom. The molecule has 0 saturated carbocycles. The predicted octanol–water partition coefficient (Wildman–Crippen LogP) is 1.77. The van der Waals surface area contributed by atoms with E-state index in [4.69, 9.17) is 16.0 Å². The maximum Gasteiger partial charge on any atom is 0.272 e. The lowest BCUT2D eigenvalue weighted by Crippen LogP contribution is -2.35. The molecule has 0 radical (unpaired) electrons. The third-order valence-electron chi connectivity index (χ3n) is 3.75. The van der Waals surface area contributed by atoms with Crippen LogP contribution in [0.4, 0.5) is 0 Å². The van der Waals surface area contributed by atoms with E-state index in [1.165, 1.54) is 6.20 Å². The van der Waals surface area contributed by atoms with Gasteiger partial charge in [-0.2, -0.15) is 0 Å². The highest BCUT2D eigenvalue weighted by Crippen LogP contribution is 2.12. The molecule has 3 heterocycles. The van der Waals surface area contributed by atoms with Crippen LogP contribution in [0.15, 0.2) is 22.7 Å². The van der Waals surface area contributed by atoms with Crippen molar-refractivity contribution in [2.24, 2.45) is 0 Å². The first-order valence-electron chi connectivity index (χ1n) is 7.54. The van der Waals surface area contributed by atoms with Gasteiger partial charge in [0.1, 0.15) is 5.69 Å². The molecule has 2 aromatic heterocycles. The van der Waals surface area contributed by atoms with Crippen molar-refractivity contribution in [2.75, 3.05) is 26.2 Å². The molecule has 0 spiro atoms. The summed E-state index contributed by atoms with van der Waals surface area (Å²) in [6.07, 6.45) is 2.39. The van der Waals surface area contributed by atoms with E-state index in [0.717, 1.165) is 19.5 Å². The fraction of sp³-hybridized carbons (Fsp3) is 0.467. The Morgan fingerprint density at radius 3 is 2.83 bits per heavy atom. The molecule has 3 rings (SSSR count). The van der Waals surface area contributed by atoms with Gasteiger partial charge in [-0.1, -0.05) is 11.6 Å². The molecule has 1 aliphatic rings. The molecule has 7 nitrogen and oxygen atoms in total. The number of aryl methyl sites for hydroxylation is 1. The predicted molar refractivity (Wildman–Crippen MR) is 84.1 cm³/mol. The Bertz CT molecular complexity index is 673. The lowest BCUT2D eigenvalue weighted by atomic mass is 10.3. The van der Waals surface area contributed by atoms with Gasteiger partial charge in [0.05, 0.1) is 11.6 Å². The Labute approximate surface area is 139 Å². The number of halogens is 1. The lowest BCUT2D eigenvalue weighted by Gasteiger charge is -2.20. The van der Waals surface area contributed by atoms with E-state index in [2.05, 4.69) is 20.1 Å². The van der Waals surface area contributed by atoms with Gasteiger partial charge in [-0.05, 0) is 18.6 Å². The normalized spacial score (nSPS) is 16.3. The summed E-state index contributed by atoms with van der Waals surface area (Å²) in [6, 6.07) is 3.35. The average molecular weight is 336 g/mol. The minimum atomic E-state index is -0.0582. The second-order valence-corrected chi connectivity index (χ2v) is 5.93. The van der Waals surface area contributed by atoms with Gasteiger partial charge in [-0.3, -0.25) is 9.69 Å². The first-order valence-corrected chi connectivity index (χ1v) is 7.92. The second kappa shape index (κ2) is 7.06. The van der Waals surface area contributed by atoms with Crippen LogP contribution >= 0.6 is 11.6 Å². The van der Waals surface area contributed by atoms with Crippen LogP contribution in [0.2, 0.25) is 5.02 Å². The average Bonchev–Trinajstić information content (AvgIpc) is 2.81. The summed E-state index contributed by atoms with van der Waals surface area (Å²) in [7, 11) is 0.